The van der Waals surface area contributed by atoms with Crippen molar-refractivity contribution >= 4 is 33.4 Å². The molecule has 2 aromatic heterocycles. The van der Waals surface area contributed by atoms with Gasteiger partial charge < -0.3 is 14.7 Å². The number of likely N-dealkylation sites (tertiary alicyclic amines) is 1. The number of nitrogens with zero attached hydrogens (tertiary/aromatic N) is 5. The van der Waals surface area contributed by atoms with Crippen LogP contribution < -0.4 is 5.56 Å². The topological polar surface area (TPSA) is 78.8 Å². The fraction of sp³-hybridized carbons (Fsp3) is 0.636. The van der Waals surface area contributed by atoms with E-state index >= 15 is 0 Å². The molecule has 8 nitrogen and oxygen atoms in total. The molecule has 2 unspecified atom stereocenters. The Hall–Kier alpha value is -2.26. The van der Waals surface area contributed by atoms with Crippen LogP contribution in [-0.2, 0) is 11.3 Å². The lowest BCUT2D eigenvalue weighted by molar-refractivity contribution is -0.134. The average molecular weight is 446 g/mol. The van der Waals surface area contributed by atoms with Crippen molar-refractivity contribution in [2.24, 2.45) is 11.8 Å². The summed E-state index contributed by atoms with van der Waals surface area (Å²) in [6, 6.07) is 0. The Labute approximate surface area is 186 Å². The minimum atomic E-state index is -0.248. The zero-order valence-corrected chi connectivity index (χ0v) is 19.6. The Morgan fingerprint density at radius 2 is 1.74 bits per heavy atom. The van der Waals surface area contributed by atoms with Gasteiger partial charge >= 0.3 is 0 Å². The van der Waals surface area contributed by atoms with E-state index in [0.29, 0.717) is 45.6 Å². The Bertz CT molecular complexity index is 1040. The van der Waals surface area contributed by atoms with Crippen LogP contribution in [0.5, 0.6) is 0 Å². The average Bonchev–Trinajstić information content (AvgIpc) is 3.06. The number of fused-ring (bicyclic) bond motifs is 1. The lowest BCUT2D eigenvalue weighted by Crippen LogP contribution is -2.47. The van der Waals surface area contributed by atoms with Gasteiger partial charge in [0.15, 0.2) is 0 Å². The maximum Gasteiger partial charge on any atom is 0.264 e. The molecule has 168 valence electrons. The number of rotatable bonds is 3. The van der Waals surface area contributed by atoms with Crippen molar-refractivity contribution in [2.75, 3.05) is 46.3 Å². The van der Waals surface area contributed by atoms with E-state index in [1.807, 2.05) is 23.8 Å². The van der Waals surface area contributed by atoms with Gasteiger partial charge in [-0.15, -0.1) is 11.3 Å². The van der Waals surface area contributed by atoms with Gasteiger partial charge in [-0.3, -0.25) is 19.0 Å². The third kappa shape index (κ3) is 4.39. The third-order valence-corrected chi connectivity index (χ3v) is 7.62. The number of aryl methyl sites for hydroxylation is 1. The molecule has 2 amide bonds. The van der Waals surface area contributed by atoms with Gasteiger partial charge in [0.2, 0.25) is 5.91 Å². The smallest absolute Gasteiger partial charge is 0.264 e. The largest absolute Gasteiger partial charge is 0.341 e. The molecule has 9 heteroatoms. The number of likely N-dealkylation sites (N-methyl/N-ethyl adjacent to an activating group) is 1. The molecule has 2 saturated heterocycles. The summed E-state index contributed by atoms with van der Waals surface area (Å²) in [5.41, 5.74) is 0.422. The van der Waals surface area contributed by atoms with Crippen LogP contribution in [0.2, 0.25) is 0 Å². The van der Waals surface area contributed by atoms with Crippen molar-refractivity contribution in [1.29, 1.82) is 0 Å². The first kappa shape index (κ1) is 22.0. The van der Waals surface area contributed by atoms with Crippen LogP contribution in [0.3, 0.4) is 0 Å². The zero-order chi connectivity index (χ0) is 22.3. The van der Waals surface area contributed by atoms with E-state index in [0.717, 1.165) is 32.6 Å². The first-order valence-corrected chi connectivity index (χ1v) is 11.8. The predicted octanol–water partition coefficient (Wildman–Crippen LogP) is 1.66. The highest BCUT2D eigenvalue weighted by molar-refractivity contribution is 7.20. The van der Waals surface area contributed by atoms with E-state index in [4.69, 9.17) is 0 Å². The van der Waals surface area contributed by atoms with Crippen molar-refractivity contribution in [3.63, 3.8) is 0 Å². The second-order valence-corrected chi connectivity index (χ2v) is 10.3. The number of hydrogen-bond acceptors (Lipinski definition) is 6. The predicted molar refractivity (Wildman–Crippen MR) is 122 cm³/mol. The molecular formula is C22H31N5O3S. The SMILES string of the molecule is Cc1c(C(=O)N2CCN(C)CC2)sc2ncn(CC(=O)N3CC(C)CC(C)C3)c(=O)c12. The van der Waals surface area contributed by atoms with Gasteiger partial charge in [0.25, 0.3) is 11.5 Å². The van der Waals surface area contributed by atoms with Crippen LogP contribution in [0.4, 0.5) is 0 Å². The molecule has 2 aliphatic rings. The maximum atomic E-state index is 13.2. The number of carbonyl (C=O) groups is 2. The summed E-state index contributed by atoms with van der Waals surface area (Å²) in [5, 5.41) is 0.457. The molecule has 0 aliphatic carbocycles. The minimum absolute atomic E-state index is 0.0156. The highest BCUT2D eigenvalue weighted by Gasteiger charge is 2.28. The molecule has 2 aromatic rings. The molecule has 2 fully saturated rings. The van der Waals surface area contributed by atoms with E-state index in [-0.39, 0.29) is 23.9 Å². The summed E-state index contributed by atoms with van der Waals surface area (Å²) in [6.07, 6.45) is 2.56. The van der Waals surface area contributed by atoms with Crippen LogP contribution in [0, 0.1) is 18.8 Å². The Morgan fingerprint density at radius 3 is 2.39 bits per heavy atom. The van der Waals surface area contributed by atoms with Crippen LogP contribution in [0.25, 0.3) is 10.2 Å². The number of piperidine rings is 1. The standard InChI is InChI=1S/C22H31N5O3S/c1-14-9-15(2)11-26(10-14)17(28)12-27-13-23-20-18(21(27)29)16(3)19(31-20)22(30)25-7-5-24(4)6-8-25/h13-15H,5-12H2,1-4H3. The fourth-order valence-electron chi connectivity index (χ4n) is 4.74. The zero-order valence-electron chi connectivity index (χ0n) is 18.8. The third-order valence-electron chi connectivity index (χ3n) is 6.43. The Morgan fingerprint density at radius 1 is 1.10 bits per heavy atom. The summed E-state index contributed by atoms with van der Waals surface area (Å²) >= 11 is 1.27. The molecule has 4 rings (SSSR count). The Kier molecular flexibility index (Phi) is 6.16. The molecule has 4 heterocycles. The molecule has 0 bridgehead atoms. The van der Waals surface area contributed by atoms with Gasteiger partial charge in [-0.05, 0) is 37.8 Å². The van der Waals surface area contributed by atoms with Crippen LogP contribution in [-0.4, -0.2) is 82.4 Å². The van der Waals surface area contributed by atoms with E-state index in [1.54, 1.807) is 0 Å². The molecule has 0 N–H and O–H groups in total. The Balaban J connectivity index is 1.58. The minimum Gasteiger partial charge on any atom is -0.341 e. The van der Waals surface area contributed by atoms with E-state index in [2.05, 4.69) is 23.7 Å². The van der Waals surface area contributed by atoms with Crippen molar-refractivity contribution in [3.05, 3.63) is 27.1 Å². The van der Waals surface area contributed by atoms with E-state index < -0.39 is 0 Å². The number of aromatic nitrogens is 2. The molecular weight excluding hydrogens is 414 g/mol. The number of hydrogen-bond donors (Lipinski definition) is 0. The van der Waals surface area contributed by atoms with E-state index in [1.165, 1.54) is 22.2 Å². The molecule has 31 heavy (non-hydrogen) atoms. The van der Waals surface area contributed by atoms with Crippen molar-refractivity contribution < 1.29 is 9.59 Å². The number of amides is 2. The number of thiophene rings is 1. The van der Waals surface area contributed by atoms with Gasteiger partial charge in [-0.25, -0.2) is 4.98 Å². The monoisotopic (exact) mass is 445 g/mol. The molecule has 2 atom stereocenters. The van der Waals surface area contributed by atoms with Crippen LogP contribution >= 0.6 is 11.3 Å². The molecule has 2 aliphatic heterocycles. The van der Waals surface area contributed by atoms with Gasteiger partial charge in [-0.2, -0.15) is 0 Å². The van der Waals surface area contributed by atoms with Gasteiger partial charge in [0.05, 0.1) is 16.6 Å². The second kappa shape index (κ2) is 8.70. The molecule has 0 spiro atoms. The van der Waals surface area contributed by atoms with Crippen LogP contribution in [0.15, 0.2) is 11.1 Å². The van der Waals surface area contributed by atoms with Gasteiger partial charge in [0, 0.05) is 39.3 Å². The normalized spacial score (nSPS) is 22.8. The summed E-state index contributed by atoms with van der Waals surface area (Å²) in [5.74, 6) is 0.842. The van der Waals surface area contributed by atoms with Crippen molar-refractivity contribution in [1.82, 2.24) is 24.3 Å². The fourth-order valence-corrected chi connectivity index (χ4v) is 5.85. The first-order valence-electron chi connectivity index (χ1n) is 11.0. The number of piperazine rings is 1. The lowest BCUT2D eigenvalue weighted by atomic mass is 9.92. The summed E-state index contributed by atoms with van der Waals surface area (Å²) in [7, 11) is 2.05. The molecule has 0 aromatic carbocycles. The summed E-state index contributed by atoms with van der Waals surface area (Å²) in [6.45, 7) is 10.6. The van der Waals surface area contributed by atoms with Gasteiger partial charge in [-0.1, -0.05) is 13.8 Å². The van der Waals surface area contributed by atoms with Gasteiger partial charge in [0.1, 0.15) is 11.4 Å². The highest BCUT2D eigenvalue weighted by Crippen LogP contribution is 2.28. The van der Waals surface area contributed by atoms with Crippen molar-refractivity contribution in [2.45, 2.75) is 33.7 Å². The second-order valence-electron chi connectivity index (χ2n) is 9.25. The highest BCUT2D eigenvalue weighted by atomic mass is 32.1. The maximum absolute atomic E-state index is 13.2. The van der Waals surface area contributed by atoms with Crippen LogP contribution in [0.1, 0.15) is 35.5 Å². The first-order chi connectivity index (χ1) is 14.7. The summed E-state index contributed by atoms with van der Waals surface area (Å²) in [4.78, 5) is 50.6. The summed E-state index contributed by atoms with van der Waals surface area (Å²) < 4.78 is 1.39. The molecule has 0 radical (unpaired) electrons. The van der Waals surface area contributed by atoms with E-state index in [9.17, 15) is 14.4 Å². The van der Waals surface area contributed by atoms with Crippen molar-refractivity contribution in [3.8, 4) is 0 Å². The quantitative estimate of drug-likeness (QED) is 0.718. The molecule has 0 saturated carbocycles. The lowest BCUT2D eigenvalue weighted by Gasteiger charge is -2.35. The number of carbonyl (C=O) groups excluding carboxylic acids is 2.